The van der Waals surface area contributed by atoms with E-state index in [2.05, 4.69) is 0 Å². The summed E-state index contributed by atoms with van der Waals surface area (Å²) in [6.45, 7) is 6.10. The molecule has 0 saturated heterocycles. The molecule has 0 heterocycles. The van der Waals surface area contributed by atoms with E-state index in [-0.39, 0.29) is 24.6 Å². The highest BCUT2D eigenvalue weighted by molar-refractivity contribution is 6.29. The third-order valence-electron chi connectivity index (χ3n) is 3.17. The van der Waals surface area contributed by atoms with Gasteiger partial charge in [-0.25, -0.2) is 0 Å². The number of benzene rings is 1. The summed E-state index contributed by atoms with van der Waals surface area (Å²) in [7, 11) is 1.58. The number of hydrogen-bond acceptors (Lipinski definition) is 3. The maximum absolute atomic E-state index is 12.1. The molecule has 1 amide bonds. The normalized spacial score (nSPS) is 12.1. The number of carbonyl (C=O) groups is 1. The molecule has 1 aromatic carbocycles. The second-order valence-corrected chi connectivity index (χ2v) is 4.86. The Hall–Kier alpha value is -1.26. The molecule has 0 saturated carbocycles. The summed E-state index contributed by atoms with van der Waals surface area (Å²) in [5.41, 5.74) is 1.65. The zero-order valence-electron chi connectivity index (χ0n) is 12.5. The van der Waals surface area contributed by atoms with Crippen LogP contribution in [-0.4, -0.2) is 31.7 Å². The first-order valence-corrected chi connectivity index (χ1v) is 7.20. The Bertz CT molecular complexity index is 451. The molecule has 0 spiro atoms. The molecule has 0 aliphatic rings. The molecule has 1 unspecified atom stereocenters. The summed E-state index contributed by atoms with van der Waals surface area (Å²) >= 11 is 5.71. The van der Waals surface area contributed by atoms with E-state index in [0.29, 0.717) is 11.4 Å². The zero-order chi connectivity index (χ0) is 15.1. The molecule has 5 heteroatoms. The fraction of sp³-hybridized carbons (Fsp3) is 0.533. The van der Waals surface area contributed by atoms with Crippen molar-refractivity contribution >= 4 is 23.2 Å². The molecule has 1 rings (SSSR count). The van der Waals surface area contributed by atoms with E-state index in [1.165, 1.54) is 4.90 Å². The number of rotatable bonds is 7. The number of carbonyl (C=O) groups excluding carboxylic acids is 1. The lowest BCUT2D eigenvalue weighted by Gasteiger charge is -2.26. The number of amides is 1. The lowest BCUT2D eigenvalue weighted by molar-refractivity contribution is -0.117. The minimum Gasteiger partial charge on any atom is -0.495 e. The van der Waals surface area contributed by atoms with Gasteiger partial charge in [-0.2, -0.15) is 0 Å². The van der Waals surface area contributed by atoms with Crippen molar-refractivity contribution in [3.05, 3.63) is 23.8 Å². The van der Waals surface area contributed by atoms with Gasteiger partial charge < -0.3 is 9.47 Å². The van der Waals surface area contributed by atoms with Crippen LogP contribution in [0.1, 0.15) is 25.8 Å². The van der Waals surface area contributed by atoms with Gasteiger partial charge in [0, 0.05) is 0 Å². The molecule has 0 aliphatic carbocycles. The number of methoxy groups -OCH3 is 1. The molecule has 112 valence electrons. The predicted octanol–water partition coefficient (Wildman–Crippen LogP) is 3.35. The minimum absolute atomic E-state index is 0.0793. The molecule has 0 aromatic heterocycles. The van der Waals surface area contributed by atoms with Gasteiger partial charge in [-0.1, -0.05) is 19.1 Å². The Labute approximate surface area is 125 Å². The van der Waals surface area contributed by atoms with Crippen molar-refractivity contribution in [3.8, 4) is 5.75 Å². The van der Waals surface area contributed by atoms with Gasteiger partial charge in [0.2, 0.25) is 5.91 Å². The van der Waals surface area contributed by atoms with Crippen molar-refractivity contribution in [1.29, 1.82) is 0 Å². The summed E-state index contributed by atoms with van der Waals surface area (Å²) in [6.07, 6.45) is 0.962. The number of para-hydroxylation sites is 1. The van der Waals surface area contributed by atoms with Gasteiger partial charge in [0.05, 0.1) is 18.9 Å². The third kappa shape index (κ3) is 4.12. The van der Waals surface area contributed by atoms with Gasteiger partial charge in [0.25, 0.3) is 0 Å². The van der Waals surface area contributed by atoms with E-state index in [0.717, 1.165) is 12.0 Å². The number of halogens is 1. The average Bonchev–Trinajstić information content (AvgIpc) is 2.47. The number of hydrogen-bond donors (Lipinski definition) is 0. The first-order valence-electron chi connectivity index (χ1n) is 6.66. The van der Waals surface area contributed by atoms with Crippen LogP contribution in [0.5, 0.6) is 5.75 Å². The molecular formula is C15H22ClNO3. The van der Waals surface area contributed by atoms with E-state index in [9.17, 15) is 4.79 Å². The van der Waals surface area contributed by atoms with Crippen LogP contribution in [-0.2, 0) is 9.53 Å². The SMILES string of the molecule is CCC(C)OCN(C(=O)CCl)c1c(C)cccc1OC. The second-order valence-electron chi connectivity index (χ2n) is 4.60. The van der Waals surface area contributed by atoms with E-state index in [4.69, 9.17) is 21.1 Å². The van der Waals surface area contributed by atoms with Gasteiger partial charge >= 0.3 is 0 Å². The van der Waals surface area contributed by atoms with Crippen LogP contribution in [0.3, 0.4) is 0 Å². The summed E-state index contributed by atoms with van der Waals surface area (Å²) in [4.78, 5) is 13.6. The van der Waals surface area contributed by atoms with Crippen LogP contribution < -0.4 is 9.64 Å². The van der Waals surface area contributed by atoms with Crippen molar-refractivity contribution < 1.29 is 14.3 Å². The van der Waals surface area contributed by atoms with Gasteiger partial charge in [0.15, 0.2) is 0 Å². The van der Waals surface area contributed by atoms with Crippen molar-refractivity contribution in [2.24, 2.45) is 0 Å². The standard InChI is InChI=1S/C15H22ClNO3/c1-5-12(3)20-10-17(14(18)9-16)15-11(2)7-6-8-13(15)19-4/h6-8,12H,5,9-10H2,1-4H3. The van der Waals surface area contributed by atoms with Crippen LogP contribution in [0.15, 0.2) is 18.2 Å². The summed E-state index contributed by atoms with van der Waals surface area (Å²) in [6, 6.07) is 5.63. The maximum Gasteiger partial charge on any atom is 0.243 e. The molecule has 0 N–H and O–H groups in total. The van der Waals surface area contributed by atoms with E-state index in [1.54, 1.807) is 7.11 Å². The third-order valence-corrected chi connectivity index (χ3v) is 3.40. The highest BCUT2D eigenvalue weighted by atomic mass is 35.5. The lowest BCUT2D eigenvalue weighted by atomic mass is 10.1. The van der Waals surface area contributed by atoms with Crippen LogP contribution >= 0.6 is 11.6 Å². The Morgan fingerprint density at radius 3 is 2.70 bits per heavy atom. The first-order chi connectivity index (χ1) is 9.54. The fourth-order valence-electron chi connectivity index (χ4n) is 1.80. The monoisotopic (exact) mass is 299 g/mol. The highest BCUT2D eigenvalue weighted by Gasteiger charge is 2.21. The zero-order valence-corrected chi connectivity index (χ0v) is 13.2. The van der Waals surface area contributed by atoms with Gasteiger partial charge in [-0.05, 0) is 31.9 Å². The largest absolute Gasteiger partial charge is 0.495 e. The van der Waals surface area contributed by atoms with E-state index < -0.39 is 0 Å². The van der Waals surface area contributed by atoms with Crippen molar-refractivity contribution in [2.45, 2.75) is 33.3 Å². The van der Waals surface area contributed by atoms with E-state index in [1.807, 2.05) is 39.0 Å². The quantitative estimate of drug-likeness (QED) is 0.572. The topological polar surface area (TPSA) is 38.8 Å². The number of aryl methyl sites for hydroxylation is 1. The fourth-order valence-corrected chi connectivity index (χ4v) is 1.94. The maximum atomic E-state index is 12.1. The minimum atomic E-state index is -0.206. The smallest absolute Gasteiger partial charge is 0.243 e. The lowest BCUT2D eigenvalue weighted by Crippen LogP contribution is -2.36. The Morgan fingerprint density at radius 1 is 1.45 bits per heavy atom. The van der Waals surface area contributed by atoms with Crippen LogP contribution in [0.4, 0.5) is 5.69 Å². The number of ether oxygens (including phenoxy) is 2. The molecule has 1 atom stereocenters. The molecule has 1 aromatic rings. The molecule has 0 aliphatic heterocycles. The van der Waals surface area contributed by atoms with Crippen molar-refractivity contribution in [2.75, 3.05) is 24.6 Å². The van der Waals surface area contributed by atoms with Crippen molar-refractivity contribution in [3.63, 3.8) is 0 Å². The molecule has 0 bridgehead atoms. The number of alkyl halides is 1. The molecule has 20 heavy (non-hydrogen) atoms. The van der Waals surface area contributed by atoms with Crippen LogP contribution in [0.2, 0.25) is 0 Å². The molecule has 0 fully saturated rings. The Morgan fingerprint density at radius 2 is 2.15 bits per heavy atom. The number of anilines is 1. The average molecular weight is 300 g/mol. The molecule has 4 nitrogen and oxygen atoms in total. The summed E-state index contributed by atoms with van der Waals surface area (Å²) in [5, 5.41) is 0. The van der Waals surface area contributed by atoms with Crippen LogP contribution in [0, 0.1) is 6.92 Å². The molecular weight excluding hydrogens is 278 g/mol. The van der Waals surface area contributed by atoms with E-state index >= 15 is 0 Å². The highest BCUT2D eigenvalue weighted by Crippen LogP contribution is 2.32. The van der Waals surface area contributed by atoms with Gasteiger partial charge in [-0.3, -0.25) is 9.69 Å². The Kier molecular flexibility index (Phi) is 6.82. The van der Waals surface area contributed by atoms with Gasteiger partial charge in [0.1, 0.15) is 18.4 Å². The number of nitrogens with zero attached hydrogens (tertiary/aromatic N) is 1. The summed E-state index contributed by atoms with van der Waals surface area (Å²) in [5.74, 6) is 0.334. The first kappa shape index (κ1) is 16.8. The molecule has 0 radical (unpaired) electrons. The second kappa shape index (κ2) is 8.12. The van der Waals surface area contributed by atoms with Crippen molar-refractivity contribution in [1.82, 2.24) is 0 Å². The predicted molar refractivity (Wildman–Crippen MR) is 81.6 cm³/mol. The Balaban J connectivity index is 3.07. The summed E-state index contributed by atoms with van der Waals surface area (Å²) < 4.78 is 11.0. The van der Waals surface area contributed by atoms with Gasteiger partial charge in [-0.15, -0.1) is 11.6 Å². The van der Waals surface area contributed by atoms with Crippen LogP contribution in [0.25, 0.3) is 0 Å².